The predicted octanol–water partition coefficient (Wildman–Crippen LogP) is 2.48. The van der Waals surface area contributed by atoms with Crippen LogP contribution in [0.5, 0.6) is 0 Å². The van der Waals surface area contributed by atoms with Gasteiger partial charge in [-0.2, -0.15) is 5.10 Å². The zero-order chi connectivity index (χ0) is 14.0. The first-order chi connectivity index (χ1) is 9.04. The van der Waals surface area contributed by atoms with Crippen LogP contribution in [0, 0.1) is 12.8 Å². The molecule has 1 aromatic rings. The lowest BCUT2D eigenvalue weighted by Crippen LogP contribution is -2.21. The average Bonchev–Trinajstić information content (AvgIpc) is 2.97. The molecule has 0 spiro atoms. The number of rotatable bonds is 5. The normalized spacial score (nSPS) is 19.3. The predicted molar refractivity (Wildman–Crippen MR) is 74.4 cm³/mol. The second kappa shape index (κ2) is 5.87. The maximum Gasteiger partial charge on any atom is 0.159 e. The first kappa shape index (κ1) is 14.3. The Bertz CT molecular complexity index is 457. The monoisotopic (exact) mass is 264 g/mol. The largest absolute Gasteiger partial charge is 0.381 e. The minimum absolute atomic E-state index is 0.0659. The molecular weight excluding hydrogens is 240 g/mol. The molecule has 1 aliphatic heterocycles. The highest BCUT2D eigenvalue weighted by Crippen LogP contribution is 2.24. The molecule has 1 fully saturated rings. The van der Waals surface area contributed by atoms with Gasteiger partial charge in [0.2, 0.25) is 0 Å². The smallest absolute Gasteiger partial charge is 0.159 e. The van der Waals surface area contributed by atoms with E-state index in [0.29, 0.717) is 25.7 Å². The van der Waals surface area contributed by atoms with Crippen LogP contribution in [0.2, 0.25) is 0 Å². The van der Waals surface area contributed by atoms with Gasteiger partial charge in [0.1, 0.15) is 6.54 Å². The maximum absolute atomic E-state index is 12.2. The highest BCUT2D eigenvalue weighted by atomic mass is 16.5. The third-order valence-corrected chi connectivity index (χ3v) is 3.93. The molecule has 0 amide bonds. The Morgan fingerprint density at radius 1 is 1.53 bits per heavy atom. The molecule has 0 saturated carbocycles. The van der Waals surface area contributed by atoms with Crippen molar-refractivity contribution in [2.45, 2.75) is 53.0 Å². The average molecular weight is 264 g/mol. The molecule has 4 heteroatoms. The summed E-state index contributed by atoms with van der Waals surface area (Å²) in [4.78, 5) is 12.2. The van der Waals surface area contributed by atoms with Crippen molar-refractivity contribution in [3.63, 3.8) is 0 Å². The van der Waals surface area contributed by atoms with Gasteiger partial charge in [-0.1, -0.05) is 20.8 Å². The Morgan fingerprint density at radius 3 is 2.74 bits per heavy atom. The number of hydrogen-bond donors (Lipinski definition) is 0. The minimum Gasteiger partial charge on any atom is -0.381 e. The Kier molecular flexibility index (Phi) is 4.40. The molecule has 0 N–H and O–H groups in total. The number of nitrogens with zero attached hydrogens (tertiary/aromatic N) is 2. The van der Waals surface area contributed by atoms with Crippen molar-refractivity contribution in [2.75, 3.05) is 13.2 Å². The topological polar surface area (TPSA) is 44.1 Å². The molecule has 0 aromatic carbocycles. The van der Waals surface area contributed by atoms with Crippen LogP contribution in [-0.4, -0.2) is 28.8 Å². The Labute approximate surface area is 115 Å². The lowest BCUT2D eigenvalue weighted by molar-refractivity contribution is -0.123. The molecule has 0 bridgehead atoms. The Balaban J connectivity index is 2.18. The molecule has 1 aliphatic rings. The van der Waals surface area contributed by atoms with Crippen LogP contribution in [0.3, 0.4) is 0 Å². The number of Topliss-reactive ketones (excluding diaryl/α,β-unsaturated/α-hetero) is 1. The first-order valence-corrected chi connectivity index (χ1v) is 7.21. The van der Waals surface area contributed by atoms with Crippen molar-refractivity contribution < 1.29 is 9.53 Å². The number of ketones is 1. The van der Waals surface area contributed by atoms with E-state index in [4.69, 9.17) is 4.74 Å². The lowest BCUT2D eigenvalue weighted by atomic mass is 9.99. The summed E-state index contributed by atoms with van der Waals surface area (Å²) >= 11 is 0. The van der Waals surface area contributed by atoms with Crippen molar-refractivity contribution in [1.29, 1.82) is 0 Å². The lowest BCUT2D eigenvalue weighted by Gasteiger charge is -2.09. The van der Waals surface area contributed by atoms with Gasteiger partial charge in [-0.05, 0) is 31.2 Å². The summed E-state index contributed by atoms with van der Waals surface area (Å²) in [7, 11) is 0. The zero-order valence-electron chi connectivity index (χ0n) is 12.4. The second-order valence-electron chi connectivity index (χ2n) is 5.64. The Hall–Kier alpha value is -1.16. The summed E-state index contributed by atoms with van der Waals surface area (Å²) < 4.78 is 7.17. The van der Waals surface area contributed by atoms with E-state index in [0.717, 1.165) is 24.2 Å². The standard InChI is InChI=1S/C15H24N2O2/c1-5-13-15(10(2)3)11(4)17(16-13)8-14(18)12-6-7-19-9-12/h10,12H,5-9H2,1-4H3. The van der Waals surface area contributed by atoms with Gasteiger partial charge in [-0.15, -0.1) is 0 Å². The van der Waals surface area contributed by atoms with Crippen molar-refractivity contribution in [3.8, 4) is 0 Å². The molecule has 1 saturated heterocycles. The third kappa shape index (κ3) is 2.89. The summed E-state index contributed by atoms with van der Waals surface area (Å²) in [5, 5.41) is 4.62. The summed E-state index contributed by atoms with van der Waals surface area (Å²) in [6.45, 7) is 10.2. The van der Waals surface area contributed by atoms with E-state index in [1.54, 1.807) is 0 Å². The summed E-state index contributed by atoms with van der Waals surface area (Å²) in [5.74, 6) is 0.769. The fourth-order valence-corrected chi connectivity index (χ4v) is 2.85. The van der Waals surface area contributed by atoms with E-state index in [9.17, 15) is 4.79 Å². The van der Waals surface area contributed by atoms with Crippen molar-refractivity contribution >= 4 is 5.78 Å². The van der Waals surface area contributed by atoms with Crippen LogP contribution < -0.4 is 0 Å². The van der Waals surface area contributed by atoms with Crippen LogP contribution in [0.4, 0.5) is 0 Å². The summed E-state index contributed by atoms with van der Waals surface area (Å²) in [5.41, 5.74) is 3.57. The second-order valence-corrected chi connectivity index (χ2v) is 5.64. The molecule has 4 nitrogen and oxygen atoms in total. The molecule has 1 aromatic heterocycles. The molecule has 0 aliphatic carbocycles. The molecule has 19 heavy (non-hydrogen) atoms. The maximum atomic E-state index is 12.2. The number of carbonyl (C=O) groups is 1. The SMILES string of the molecule is CCc1nn(CC(=O)C2CCOC2)c(C)c1C(C)C. The Morgan fingerprint density at radius 2 is 2.26 bits per heavy atom. The number of aromatic nitrogens is 2. The molecule has 1 atom stereocenters. The van der Waals surface area contributed by atoms with Gasteiger partial charge in [-0.25, -0.2) is 0 Å². The fourth-order valence-electron chi connectivity index (χ4n) is 2.85. The van der Waals surface area contributed by atoms with E-state index >= 15 is 0 Å². The molecular formula is C15H24N2O2. The quantitative estimate of drug-likeness (QED) is 0.820. The molecule has 1 unspecified atom stereocenters. The highest BCUT2D eigenvalue weighted by Gasteiger charge is 2.25. The van der Waals surface area contributed by atoms with E-state index < -0.39 is 0 Å². The number of ether oxygens (including phenoxy) is 1. The van der Waals surface area contributed by atoms with Crippen LogP contribution in [0.1, 0.15) is 50.1 Å². The van der Waals surface area contributed by atoms with Crippen molar-refractivity contribution in [1.82, 2.24) is 9.78 Å². The van der Waals surface area contributed by atoms with Gasteiger partial charge in [0.15, 0.2) is 5.78 Å². The first-order valence-electron chi connectivity index (χ1n) is 7.21. The zero-order valence-corrected chi connectivity index (χ0v) is 12.4. The van der Waals surface area contributed by atoms with Crippen LogP contribution in [0.15, 0.2) is 0 Å². The summed E-state index contributed by atoms with van der Waals surface area (Å²) in [6.07, 6.45) is 1.78. The van der Waals surface area contributed by atoms with E-state index in [1.165, 1.54) is 5.56 Å². The third-order valence-electron chi connectivity index (χ3n) is 3.93. The van der Waals surface area contributed by atoms with Crippen molar-refractivity contribution in [2.24, 2.45) is 5.92 Å². The van der Waals surface area contributed by atoms with E-state index in [1.807, 2.05) is 4.68 Å². The van der Waals surface area contributed by atoms with Gasteiger partial charge in [-0.3, -0.25) is 9.48 Å². The highest BCUT2D eigenvalue weighted by molar-refractivity contribution is 5.81. The number of aryl methyl sites for hydroxylation is 1. The number of carbonyl (C=O) groups excluding carboxylic acids is 1. The van der Waals surface area contributed by atoms with Crippen molar-refractivity contribution in [3.05, 3.63) is 17.0 Å². The van der Waals surface area contributed by atoms with E-state index in [2.05, 4.69) is 32.8 Å². The van der Waals surface area contributed by atoms with Crippen LogP contribution in [-0.2, 0) is 22.5 Å². The summed E-state index contributed by atoms with van der Waals surface area (Å²) in [6, 6.07) is 0. The van der Waals surface area contributed by atoms with Gasteiger partial charge >= 0.3 is 0 Å². The van der Waals surface area contributed by atoms with Crippen LogP contribution >= 0.6 is 0 Å². The van der Waals surface area contributed by atoms with Gasteiger partial charge in [0, 0.05) is 18.2 Å². The van der Waals surface area contributed by atoms with Gasteiger partial charge in [0.05, 0.1) is 12.3 Å². The number of hydrogen-bond acceptors (Lipinski definition) is 3. The minimum atomic E-state index is 0.0659. The van der Waals surface area contributed by atoms with Crippen LogP contribution in [0.25, 0.3) is 0 Å². The molecule has 106 valence electrons. The van der Waals surface area contributed by atoms with Gasteiger partial charge in [0.25, 0.3) is 0 Å². The molecule has 2 rings (SSSR count). The molecule has 0 radical (unpaired) electrons. The molecule has 2 heterocycles. The van der Waals surface area contributed by atoms with Gasteiger partial charge < -0.3 is 4.74 Å². The van der Waals surface area contributed by atoms with E-state index in [-0.39, 0.29) is 11.7 Å². The fraction of sp³-hybridized carbons (Fsp3) is 0.733.